The van der Waals surface area contributed by atoms with Crippen LogP contribution in [0.3, 0.4) is 0 Å². The maximum Gasteiger partial charge on any atom is 0.0890 e. The van der Waals surface area contributed by atoms with E-state index in [9.17, 15) is 0 Å². The molecule has 3 rings (SSSR count). The lowest BCUT2D eigenvalue weighted by Crippen LogP contribution is -2.07. The van der Waals surface area contributed by atoms with Crippen LogP contribution in [0, 0.1) is 6.92 Å². The number of methoxy groups -OCH3 is 1. The maximum absolute atomic E-state index is 5.59. The van der Waals surface area contributed by atoms with Crippen LogP contribution in [0.4, 0.5) is 5.69 Å². The van der Waals surface area contributed by atoms with Crippen LogP contribution in [-0.4, -0.2) is 17.8 Å². The predicted molar refractivity (Wildman–Crippen MR) is 111 cm³/mol. The highest BCUT2D eigenvalue weighted by atomic mass is 79.9. The second-order valence-corrected chi connectivity index (χ2v) is 7.09. The molecule has 1 heterocycles. The topological polar surface area (TPSA) is 34.5 Å². The maximum atomic E-state index is 5.59. The molecule has 0 bridgehead atoms. The fraction of sp³-hybridized carbons (Fsp3) is 0.273. The number of halogens is 1. The molecule has 0 saturated carbocycles. The highest BCUT2D eigenvalue weighted by Gasteiger charge is 2.18. The van der Waals surface area contributed by atoms with Crippen LogP contribution >= 0.6 is 15.9 Å². The minimum Gasteiger partial charge on any atom is -0.377 e. The molecule has 0 aliphatic heterocycles. The molecule has 0 radical (unpaired) electrons. The zero-order valence-electron chi connectivity index (χ0n) is 15.4. The fourth-order valence-electron chi connectivity index (χ4n) is 2.99. The molecule has 0 spiro atoms. The highest BCUT2D eigenvalue weighted by molar-refractivity contribution is 9.10. The Balaban J connectivity index is 2.19. The van der Waals surface area contributed by atoms with Gasteiger partial charge in [-0.15, -0.1) is 0 Å². The summed E-state index contributed by atoms with van der Waals surface area (Å²) in [6.45, 7) is 4.01. The van der Waals surface area contributed by atoms with Gasteiger partial charge in [-0.2, -0.15) is 0 Å². The summed E-state index contributed by atoms with van der Waals surface area (Å²) < 4.78 is 6.54. The number of hydrogen-bond donors (Lipinski definition) is 0. The summed E-state index contributed by atoms with van der Waals surface area (Å²) in [7, 11) is 1.71. The lowest BCUT2D eigenvalue weighted by atomic mass is 9.97. The van der Waals surface area contributed by atoms with Crippen molar-refractivity contribution in [2.24, 2.45) is 4.99 Å². The smallest absolute Gasteiger partial charge is 0.0890 e. The number of allylic oxidation sites excluding steroid dienone is 4. The quantitative estimate of drug-likeness (QED) is 0.545. The first-order chi connectivity index (χ1) is 12.6. The van der Waals surface area contributed by atoms with Gasteiger partial charge < -0.3 is 4.74 Å². The molecule has 4 heteroatoms. The SMILES string of the molecule is COC(C)c1c(N=C(C2=CCCC=C2)c2ccccc2)cnc(C)c1Br. The molecule has 1 aliphatic rings. The van der Waals surface area contributed by atoms with Gasteiger partial charge in [0.2, 0.25) is 0 Å². The molecule has 1 unspecified atom stereocenters. The normalized spacial score (nSPS) is 15.7. The average molecular weight is 411 g/mol. The Morgan fingerprint density at radius 3 is 2.65 bits per heavy atom. The zero-order chi connectivity index (χ0) is 18.5. The summed E-state index contributed by atoms with van der Waals surface area (Å²) in [4.78, 5) is 9.55. The summed E-state index contributed by atoms with van der Waals surface area (Å²) in [5.74, 6) is 0. The van der Waals surface area contributed by atoms with Crippen molar-refractivity contribution < 1.29 is 4.74 Å². The Morgan fingerprint density at radius 2 is 2.00 bits per heavy atom. The third kappa shape index (κ3) is 4.02. The first kappa shape index (κ1) is 18.7. The van der Waals surface area contributed by atoms with Gasteiger partial charge in [0.25, 0.3) is 0 Å². The Labute approximate surface area is 163 Å². The van der Waals surface area contributed by atoms with Gasteiger partial charge in [-0.05, 0) is 48.2 Å². The van der Waals surface area contributed by atoms with Crippen molar-refractivity contribution in [2.45, 2.75) is 32.8 Å². The molecule has 26 heavy (non-hydrogen) atoms. The van der Waals surface area contributed by atoms with E-state index < -0.39 is 0 Å². The average Bonchev–Trinajstić information content (AvgIpc) is 2.69. The molecular formula is C22H23BrN2O. The van der Waals surface area contributed by atoms with Gasteiger partial charge in [0.15, 0.2) is 0 Å². The summed E-state index contributed by atoms with van der Waals surface area (Å²) in [6, 6.07) is 10.3. The highest BCUT2D eigenvalue weighted by Crippen LogP contribution is 2.36. The summed E-state index contributed by atoms with van der Waals surface area (Å²) >= 11 is 3.67. The number of aliphatic imine (C=N–C) groups is 1. The summed E-state index contributed by atoms with van der Waals surface area (Å²) in [5, 5.41) is 0. The van der Waals surface area contributed by atoms with E-state index >= 15 is 0 Å². The Bertz CT molecular complexity index is 869. The van der Waals surface area contributed by atoms with Gasteiger partial charge in [-0.25, -0.2) is 4.99 Å². The van der Waals surface area contributed by atoms with Crippen molar-refractivity contribution >= 4 is 27.3 Å². The lowest BCUT2D eigenvalue weighted by molar-refractivity contribution is 0.119. The first-order valence-corrected chi connectivity index (χ1v) is 9.60. The molecule has 134 valence electrons. The van der Waals surface area contributed by atoms with E-state index in [0.717, 1.165) is 51.1 Å². The second-order valence-electron chi connectivity index (χ2n) is 6.30. The molecule has 3 nitrogen and oxygen atoms in total. The number of ether oxygens (including phenoxy) is 1. The monoisotopic (exact) mass is 410 g/mol. The van der Waals surface area contributed by atoms with Crippen LogP contribution in [0.2, 0.25) is 0 Å². The molecule has 1 atom stereocenters. The molecule has 0 saturated heterocycles. The summed E-state index contributed by atoms with van der Waals surface area (Å²) in [6.07, 6.45) is 10.5. The number of hydrogen-bond acceptors (Lipinski definition) is 3. The van der Waals surface area contributed by atoms with Gasteiger partial charge in [0, 0.05) is 22.7 Å². The number of aromatic nitrogens is 1. The molecule has 2 aromatic rings. The Morgan fingerprint density at radius 1 is 1.23 bits per heavy atom. The standard InChI is InChI=1S/C22H23BrN2O/c1-15-21(23)20(16(2)26-3)19(14-24-15)25-22(17-10-6-4-7-11-17)18-12-8-5-9-13-18/h4,6-8,10-14,16H,5,9H2,1-3H3. The van der Waals surface area contributed by atoms with Crippen molar-refractivity contribution in [3.63, 3.8) is 0 Å². The Kier molecular flexibility index (Phi) is 6.17. The van der Waals surface area contributed by atoms with E-state index in [1.165, 1.54) is 0 Å². The van der Waals surface area contributed by atoms with Gasteiger partial charge in [0.05, 0.1) is 29.4 Å². The van der Waals surface area contributed by atoms with Gasteiger partial charge in [-0.1, -0.05) is 48.6 Å². The van der Waals surface area contributed by atoms with Crippen LogP contribution in [0.1, 0.15) is 42.7 Å². The molecule has 0 N–H and O–H groups in total. The van der Waals surface area contributed by atoms with E-state index in [0.29, 0.717) is 0 Å². The van der Waals surface area contributed by atoms with Crippen LogP contribution in [0.15, 0.2) is 69.8 Å². The van der Waals surface area contributed by atoms with Gasteiger partial charge >= 0.3 is 0 Å². The van der Waals surface area contributed by atoms with E-state index in [1.807, 2.05) is 38.2 Å². The molecule has 1 aliphatic carbocycles. The van der Waals surface area contributed by atoms with Crippen LogP contribution in [-0.2, 0) is 4.74 Å². The molecule has 1 aromatic carbocycles. The van der Waals surface area contributed by atoms with Crippen molar-refractivity contribution in [1.82, 2.24) is 4.98 Å². The van der Waals surface area contributed by atoms with Crippen LogP contribution in [0.25, 0.3) is 0 Å². The minimum atomic E-state index is -0.0854. The van der Waals surface area contributed by atoms with E-state index in [-0.39, 0.29) is 6.10 Å². The fourth-order valence-corrected chi connectivity index (χ4v) is 3.61. The number of rotatable bonds is 5. The predicted octanol–water partition coefficient (Wildman–Crippen LogP) is 6.26. The van der Waals surface area contributed by atoms with Crippen LogP contribution in [0.5, 0.6) is 0 Å². The molecular weight excluding hydrogens is 388 g/mol. The number of pyridine rings is 1. The van der Waals surface area contributed by atoms with Crippen molar-refractivity contribution in [3.8, 4) is 0 Å². The lowest BCUT2D eigenvalue weighted by Gasteiger charge is -2.18. The largest absolute Gasteiger partial charge is 0.377 e. The van der Waals surface area contributed by atoms with Crippen molar-refractivity contribution in [1.29, 1.82) is 0 Å². The van der Waals surface area contributed by atoms with Crippen molar-refractivity contribution in [2.75, 3.05) is 7.11 Å². The first-order valence-electron chi connectivity index (χ1n) is 8.80. The summed E-state index contributed by atoms with van der Waals surface area (Å²) in [5.41, 5.74) is 5.99. The van der Waals surface area contributed by atoms with E-state index in [1.54, 1.807) is 7.11 Å². The van der Waals surface area contributed by atoms with E-state index in [2.05, 4.69) is 51.3 Å². The number of nitrogens with zero attached hydrogens (tertiary/aromatic N) is 2. The van der Waals surface area contributed by atoms with Gasteiger partial charge in [-0.3, -0.25) is 4.98 Å². The third-order valence-electron chi connectivity index (χ3n) is 4.52. The number of aryl methyl sites for hydroxylation is 1. The van der Waals surface area contributed by atoms with E-state index in [4.69, 9.17) is 9.73 Å². The second kappa shape index (κ2) is 8.56. The minimum absolute atomic E-state index is 0.0854. The van der Waals surface area contributed by atoms with Gasteiger partial charge in [0.1, 0.15) is 0 Å². The number of benzene rings is 1. The molecule has 0 amide bonds. The molecule has 0 fully saturated rings. The van der Waals surface area contributed by atoms with Crippen LogP contribution < -0.4 is 0 Å². The molecule has 1 aromatic heterocycles. The van der Waals surface area contributed by atoms with Crippen molar-refractivity contribution in [3.05, 3.63) is 81.6 Å². The zero-order valence-corrected chi connectivity index (χ0v) is 17.0. The third-order valence-corrected chi connectivity index (χ3v) is 5.52. The Hall–Kier alpha value is -2.04.